The average molecular weight is 280 g/mol. The third-order valence-electron chi connectivity index (χ3n) is 2.62. The van der Waals surface area contributed by atoms with Crippen LogP contribution in [0.15, 0.2) is 36.5 Å². The molecule has 18 heavy (non-hydrogen) atoms. The summed E-state index contributed by atoms with van der Waals surface area (Å²) in [7, 11) is 0. The van der Waals surface area contributed by atoms with Crippen LogP contribution in [0.1, 0.15) is 21.6 Å². The average Bonchev–Trinajstić information content (AvgIpc) is 2.36. The molecule has 0 radical (unpaired) electrons. The second-order valence-electron chi connectivity index (χ2n) is 4.00. The maximum Gasteiger partial charge on any atom is 0.168 e. The van der Waals surface area contributed by atoms with Crippen LogP contribution in [0.3, 0.4) is 0 Å². The molecule has 1 heterocycles. The van der Waals surface area contributed by atoms with E-state index in [1.807, 2.05) is 13.0 Å². The number of hydrogen-bond donors (Lipinski definition) is 0. The van der Waals surface area contributed by atoms with Gasteiger partial charge in [0.25, 0.3) is 0 Å². The summed E-state index contributed by atoms with van der Waals surface area (Å²) >= 11 is 12.0. The lowest BCUT2D eigenvalue weighted by Gasteiger charge is -2.05. The van der Waals surface area contributed by atoms with Gasteiger partial charge in [-0.2, -0.15) is 0 Å². The molecule has 0 aliphatic carbocycles. The fraction of sp³-hybridized carbons (Fsp3) is 0.143. The van der Waals surface area contributed by atoms with E-state index in [2.05, 4.69) is 4.98 Å². The number of carbonyl (C=O) groups excluding carboxylic acids is 1. The number of aryl methyl sites for hydroxylation is 1. The van der Waals surface area contributed by atoms with Crippen LogP contribution in [-0.4, -0.2) is 10.8 Å². The Hall–Kier alpha value is -1.38. The van der Waals surface area contributed by atoms with Gasteiger partial charge in [-0.25, -0.2) is 0 Å². The van der Waals surface area contributed by atoms with Crippen molar-refractivity contribution in [1.29, 1.82) is 0 Å². The van der Waals surface area contributed by atoms with E-state index in [9.17, 15) is 4.79 Å². The number of pyridine rings is 1. The number of benzene rings is 1. The van der Waals surface area contributed by atoms with E-state index < -0.39 is 0 Å². The number of Topliss-reactive ketones (excluding diaryl/α,β-unsaturated/α-hetero) is 1. The van der Waals surface area contributed by atoms with Crippen molar-refractivity contribution in [2.24, 2.45) is 0 Å². The lowest BCUT2D eigenvalue weighted by atomic mass is 10.0. The van der Waals surface area contributed by atoms with E-state index in [1.165, 1.54) is 0 Å². The second-order valence-corrected chi connectivity index (χ2v) is 4.79. The van der Waals surface area contributed by atoms with Gasteiger partial charge in [-0.1, -0.05) is 35.3 Å². The molecule has 0 N–H and O–H groups in total. The molecule has 0 bridgehead atoms. The standard InChI is InChI=1S/C14H11Cl2NO/c1-9-5-6-11(8-17-9)13(18)7-10-3-2-4-12(15)14(10)16/h2-6,8H,7H2,1H3. The van der Waals surface area contributed by atoms with Crippen molar-refractivity contribution in [2.75, 3.05) is 0 Å². The van der Waals surface area contributed by atoms with Crippen molar-refractivity contribution in [3.05, 3.63) is 63.4 Å². The number of hydrogen-bond acceptors (Lipinski definition) is 2. The smallest absolute Gasteiger partial charge is 0.168 e. The molecule has 0 saturated heterocycles. The third kappa shape index (κ3) is 2.89. The highest BCUT2D eigenvalue weighted by Crippen LogP contribution is 2.26. The van der Waals surface area contributed by atoms with Gasteiger partial charge in [-0.05, 0) is 30.7 Å². The van der Waals surface area contributed by atoms with Gasteiger partial charge in [0.15, 0.2) is 5.78 Å². The molecule has 0 spiro atoms. The predicted octanol–water partition coefficient (Wildman–Crippen LogP) is 4.12. The van der Waals surface area contributed by atoms with Gasteiger partial charge in [0, 0.05) is 23.9 Å². The SMILES string of the molecule is Cc1ccc(C(=O)Cc2cccc(Cl)c2Cl)cn1. The molecular weight excluding hydrogens is 269 g/mol. The topological polar surface area (TPSA) is 30.0 Å². The molecule has 2 rings (SSSR count). The van der Waals surface area contributed by atoms with Gasteiger partial charge < -0.3 is 0 Å². The zero-order chi connectivity index (χ0) is 13.1. The molecule has 1 aromatic carbocycles. The second kappa shape index (κ2) is 5.51. The third-order valence-corrected chi connectivity index (χ3v) is 3.47. The number of halogens is 2. The normalized spacial score (nSPS) is 10.4. The quantitative estimate of drug-likeness (QED) is 0.791. The number of rotatable bonds is 3. The number of carbonyl (C=O) groups is 1. The maximum atomic E-state index is 12.0. The van der Waals surface area contributed by atoms with Crippen LogP contribution >= 0.6 is 23.2 Å². The Bertz CT molecular complexity index is 579. The monoisotopic (exact) mass is 279 g/mol. The molecule has 4 heteroatoms. The summed E-state index contributed by atoms with van der Waals surface area (Å²) in [5.74, 6) is -0.0216. The highest BCUT2D eigenvalue weighted by Gasteiger charge is 2.11. The van der Waals surface area contributed by atoms with Crippen molar-refractivity contribution < 1.29 is 4.79 Å². The summed E-state index contributed by atoms with van der Waals surface area (Å²) < 4.78 is 0. The van der Waals surface area contributed by atoms with Gasteiger partial charge in [0.05, 0.1) is 10.0 Å². The number of aromatic nitrogens is 1. The highest BCUT2D eigenvalue weighted by atomic mass is 35.5. The van der Waals surface area contributed by atoms with Gasteiger partial charge in [-0.3, -0.25) is 9.78 Å². The van der Waals surface area contributed by atoms with Gasteiger partial charge in [0.1, 0.15) is 0 Å². The Morgan fingerprint density at radius 1 is 1.22 bits per heavy atom. The molecule has 0 atom stereocenters. The molecular formula is C14H11Cl2NO. The molecule has 0 fully saturated rings. The first-order valence-electron chi connectivity index (χ1n) is 5.46. The van der Waals surface area contributed by atoms with Gasteiger partial charge in [0.2, 0.25) is 0 Å². The molecule has 2 aromatic rings. The summed E-state index contributed by atoms with van der Waals surface area (Å²) in [6.07, 6.45) is 1.81. The molecule has 1 aromatic heterocycles. The Labute approximate surface area is 116 Å². The highest BCUT2D eigenvalue weighted by molar-refractivity contribution is 6.42. The van der Waals surface area contributed by atoms with E-state index >= 15 is 0 Å². The first kappa shape index (κ1) is 13.1. The molecule has 92 valence electrons. The molecule has 0 saturated carbocycles. The Kier molecular flexibility index (Phi) is 4.00. The van der Waals surface area contributed by atoms with Crippen LogP contribution in [0.4, 0.5) is 0 Å². The summed E-state index contributed by atoms with van der Waals surface area (Å²) in [6.45, 7) is 1.88. The molecule has 0 aliphatic heterocycles. The van der Waals surface area contributed by atoms with Crippen molar-refractivity contribution in [3.8, 4) is 0 Å². The largest absolute Gasteiger partial charge is 0.294 e. The van der Waals surface area contributed by atoms with Crippen LogP contribution < -0.4 is 0 Å². The number of nitrogens with zero attached hydrogens (tertiary/aromatic N) is 1. The van der Waals surface area contributed by atoms with Gasteiger partial charge in [-0.15, -0.1) is 0 Å². The zero-order valence-corrected chi connectivity index (χ0v) is 11.3. The summed E-state index contributed by atoms with van der Waals surface area (Å²) in [5.41, 5.74) is 2.19. The Morgan fingerprint density at radius 2 is 2.00 bits per heavy atom. The van der Waals surface area contributed by atoms with E-state index in [1.54, 1.807) is 30.5 Å². The van der Waals surface area contributed by atoms with E-state index in [0.717, 1.165) is 11.3 Å². The van der Waals surface area contributed by atoms with E-state index in [0.29, 0.717) is 15.6 Å². The van der Waals surface area contributed by atoms with Crippen molar-refractivity contribution in [1.82, 2.24) is 4.98 Å². The van der Waals surface area contributed by atoms with Crippen LogP contribution in [-0.2, 0) is 6.42 Å². The van der Waals surface area contributed by atoms with Crippen molar-refractivity contribution >= 4 is 29.0 Å². The van der Waals surface area contributed by atoms with Crippen LogP contribution in [0.5, 0.6) is 0 Å². The summed E-state index contributed by atoms with van der Waals surface area (Å²) in [6, 6.07) is 8.86. The summed E-state index contributed by atoms with van der Waals surface area (Å²) in [4.78, 5) is 16.1. The summed E-state index contributed by atoms with van der Waals surface area (Å²) in [5, 5.41) is 0.900. The Morgan fingerprint density at radius 3 is 2.67 bits per heavy atom. The van der Waals surface area contributed by atoms with Crippen LogP contribution in [0, 0.1) is 6.92 Å². The van der Waals surface area contributed by atoms with Crippen LogP contribution in [0.25, 0.3) is 0 Å². The molecule has 2 nitrogen and oxygen atoms in total. The minimum absolute atomic E-state index is 0.0216. The fourth-order valence-corrected chi connectivity index (χ4v) is 1.98. The Balaban J connectivity index is 2.21. The van der Waals surface area contributed by atoms with Crippen molar-refractivity contribution in [3.63, 3.8) is 0 Å². The maximum absolute atomic E-state index is 12.0. The molecule has 0 amide bonds. The predicted molar refractivity (Wildman–Crippen MR) is 73.5 cm³/mol. The van der Waals surface area contributed by atoms with Crippen molar-refractivity contribution in [2.45, 2.75) is 13.3 Å². The van der Waals surface area contributed by atoms with Crippen LogP contribution in [0.2, 0.25) is 10.0 Å². The van der Waals surface area contributed by atoms with E-state index in [4.69, 9.17) is 23.2 Å². The zero-order valence-electron chi connectivity index (χ0n) is 9.78. The first-order chi connectivity index (χ1) is 8.58. The lowest BCUT2D eigenvalue weighted by molar-refractivity contribution is 0.0992. The fourth-order valence-electron chi connectivity index (χ4n) is 1.59. The minimum atomic E-state index is -0.0216. The molecule has 0 unspecified atom stereocenters. The van der Waals surface area contributed by atoms with Gasteiger partial charge >= 0.3 is 0 Å². The first-order valence-corrected chi connectivity index (χ1v) is 6.22. The minimum Gasteiger partial charge on any atom is -0.294 e. The number of ketones is 1. The lowest BCUT2D eigenvalue weighted by Crippen LogP contribution is -2.04. The molecule has 0 aliphatic rings. The van der Waals surface area contributed by atoms with E-state index in [-0.39, 0.29) is 12.2 Å².